The number of halogens is 1. The number of amides is 3. The molecule has 2 aromatic rings. The normalized spacial score (nSPS) is 17.4. The molecule has 0 saturated carbocycles. The van der Waals surface area contributed by atoms with Gasteiger partial charge in [-0.05, 0) is 50.2 Å². The number of ether oxygens (including phenoxy) is 1. The summed E-state index contributed by atoms with van der Waals surface area (Å²) in [6.45, 7) is 4.01. The number of para-hydroxylation sites is 1. The molecule has 0 aromatic heterocycles. The first-order valence-electron chi connectivity index (χ1n) is 11.3. The third kappa shape index (κ3) is 5.69. The van der Waals surface area contributed by atoms with Crippen LogP contribution in [0, 0.1) is 0 Å². The fraction of sp³-hybridized carbons (Fsp3) is 0.417. The van der Waals surface area contributed by atoms with E-state index in [9.17, 15) is 9.59 Å². The third-order valence-electron chi connectivity index (χ3n) is 6.12. The second-order valence-corrected chi connectivity index (χ2v) is 8.68. The Labute approximate surface area is 199 Å². The number of hydrogen-bond donors (Lipinski definition) is 3. The van der Waals surface area contributed by atoms with Gasteiger partial charge in [0.05, 0.1) is 30.4 Å². The molecule has 3 N–H and O–H groups in total. The number of nitrogens with zero attached hydrogens (tertiary/aromatic N) is 2. The molecular formula is C24H30ClN5O3. The molecule has 2 aliphatic rings. The fourth-order valence-corrected chi connectivity index (χ4v) is 4.78. The van der Waals surface area contributed by atoms with Crippen molar-refractivity contribution in [3.63, 3.8) is 0 Å². The Hall–Kier alpha value is -2.97. The van der Waals surface area contributed by atoms with Gasteiger partial charge in [0.2, 0.25) is 5.91 Å². The van der Waals surface area contributed by atoms with Crippen molar-refractivity contribution in [2.24, 2.45) is 0 Å². The van der Waals surface area contributed by atoms with Crippen LogP contribution in [-0.2, 0) is 4.79 Å². The van der Waals surface area contributed by atoms with Gasteiger partial charge in [0.25, 0.3) is 0 Å². The second kappa shape index (κ2) is 10.8. The van der Waals surface area contributed by atoms with E-state index in [-0.39, 0.29) is 24.5 Å². The molecule has 9 heteroatoms. The van der Waals surface area contributed by atoms with Gasteiger partial charge >= 0.3 is 6.03 Å². The summed E-state index contributed by atoms with van der Waals surface area (Å²) in [6, 6.07) is 13.0. The maximum atomic E-state index is 12.7. The van der Waals surface area contributed by atoms with E-state index >= 15 is 0 Å². The molecule has 33 heavy (non-hydrogen) atoms. The largest absolute Gasteiger partial charge is 0.496 e. The van der Waals surface area contributed by atoms with Crippen molar-refractivity contribution in [1.82, 2.24) is 15.5 Å². The zero-order valence-electron chi connectivity index (χ0n) is 18.8. The molecular weight excluding hydrogens is 442 g/mol. The van der Waals surface area contributed by atoms with Crippen LogP contribution in [0.4, 0.5) is 16.2 Å². The minimum absolute atomic E-state index is 0.0264. The third-order valence-corrected chi connectivity index (χ3v) is 6.42. The number of piperazine rings is 1. The van der Waals surface area contributed by atoms with Gasteiger partial charge in [-0.1, -0.05) is 29.8 Å². The van der Waals surface area contributed by atoms with E-state index in [2.05, 4.69) is 26.9 Å². The number of carbonyl (C=O) groups is 2. The quantitative estimate of drug-likeness (QED) is 0.577. The molecule has 176 valence electrons. The fourth-order valence-electron chi connectivity index (χ4n) is 4.48. The van der Waals surface area contributed by atoms with Gasteiger partial charge in [0, 0.05) is 30.9 Å². The first-order chi connectivity index (χ1) is 16.0. The molecule has 0 spiro atoms. The number of nitrogens with one attached hydrogen (secondary N) is 3. The van der Waals surface area contributed by atoms with Crippen molar-refractivity contribution in [1.29, 1.82) is 0 Å². The van der Waals surface area contributed by atoms with Gasteiger partial charge in [-0.15, -0.1) is 0 Å². The van der Waals surface area contributed by atoms with Crippen LogP contribution in [-0.4, -0.2) is 63.2 Å². The molecule has 4 rings (SSSR count). The van der Waals surface area contributed by atoms with E-state index in [4.69, 9.17) is 16.3 Å². The summed E-state index contributed by atoms with van der Waals surface area (Å²) in [7, 11) is 1.67. The van der Waals surface area contributed by atoms with E-state index in [1.54, 1.807) is 19.2 Å². The van der Waals surface area contributed by atoms with E-state index in [0.29, 0.717) is 30.3 Å². The molecule has 0 unspecified atom stereocenters. The van der Waals surface area contributed by atoms with Gasteiger partial charge in [0.1, 0.15) is 5.75 Å². The van der Waals surface area contributed by atoms with E-state index in [1.807, 2.05) is 29.2 Å². The summed E-state index contributed by atoms with van der Waals surface area (Å²) in [5.74, 6) is 0.798. The lowest BCUT2D eigenvalue weighted by Gasteiger charge is -2.30. The van der Waals surface area contributed by atoms with Crippen molar-refractivity contribution in [2.75, 3.05) is 56.6 Å². The Morgan fingerprint density at radius 2 is 1.97 bits per heavy atom. The van der Waals surface area contributed by atoms with Gasteiger partial charge in [0.15, 0.2) is 0 Å². The summed E-state index contributed by atoms with van der Waals surface area (Å²) in [4.78, 5) is 28.7. The highest BCUT2D eigenvalue weighted by Crippen LogP contribution is 2.32. The molecule has 0 bridgehead atoms. The SMILES string of the molecule is COc1ccccc1[C@H](CNC(=O)Nc1ccc(N2CCNC(=O)C2)c(Cl)c1)N1CCCC1. The van der Waals surface area contributed by atoms with Gasteiger partial charge in [-0.3, -0.25) is 9.69 Å². The molecule has 2 aromatic carbocycles. The first-order valence-corrected chi connectivity index (χ1v) is 11.7. The maximum absolute atomic E-state index is 12.7. The second-order valence-electron chi connectivity index (χ2n) is 8.27. The van der Waals surface area contributed by atoms with Crippen LogP contribution in [0.15, 0.2) is 42.5 Å². The summed E-state index contributed by atoms with van der Waals surface area (Å²) in [5, 5.41) is 9.17. The van der Waals surface area contributed by atoms with Crippen LogP contribution in [0.25, 0.3) is 0 Å². The Kier molecular flexibility index (Phi) is 7.57. The monoisotopic (exact) mass is 471 g/mol. The minimum Gasteiger partial charge on any atom is -0.496 e. The predicted octanol–water partition coefficient (Wildman–Crippen LogP) is 3.24. The van der Waals surface area contributed by atoms with Crippen molar-refractivity contribution in [2.45, 2.75) is 18.9 Å². The van der Waals surface area contributed by atoms with E-state index in [1.165, 1.54) is 0 Å². The Morgan fingerprint density at radius 1 is 1.18 bits per heavy atom. The van der Waals surface area contributed by atoms with E-state index in [0.717, 1.165) is 42.9 Å². The van der Waals surface area contributed by atoms with Crippen molar-refractivity contribution >= 4 is 34.9 Å². The number of anilines is 2. The Morgan fingerprint density at radius 3 is 2.70 bits per heavy atom. The number of urea groups is 1. The smallest absolute Gasteiger partial charge is 0.319 e. The highest BCUT2D eigenvalue weighted by atomic mass is 35.5. The lowest BCUT2D eigenvalue weighted by atomic mass is 10.0. The number of hydrogen-bond acceptors (Lipinski definition) is 5. The molecule has 2 aliphatic heterocycles. The average Bonchev–Trinajstić information content (AvgIpc) is 3.34. The summed E-state index contributed by atoms with van der Waals surface area (Å²) >= 11 is 6.46. The first kappa shape index (κ1) is 23.2. The molecule has 8 nitrogen and oxygen atoms in total. The molecule has 2 fully saturated rings. The maximum Gasteiger partial charge on any atom is 0.319 e. The summed E-state index contributed by atoms with van der Waals surface area (Å²) in [5.41, 5.74) is 2.45. The number of rotatable bonds is 7. The summed E-state index contributed by atoms with van der Waals surface area (Å²) in [6.07, 6.45) is 2.31. The Bertz CT molecular complexity index is 996. The van der Waals surface area contributed by atoms with Crippen LogP contribution < -0.4 is 25.6 Å². The van der Waals surface area contributed by atoms with Gasteiger partial charge < -0.3 is 25.6 Å². The van der Waals surface area contributed by atoms with Crippen molar-refractivity contribution in [3.05, 3.63) is 53.1 Å². The Balaban J connectivity index is 1.40. The number of benzene rings is 2. The van der Waals surface area contributed by atoms with E-state index < -0.39 is 0 Å². The van der Waals surface area contributed by atoms with Crippen LogP contribution in [0.1, 0.15) is 24.4 Å². The topological polar surface area (TPSA) is 85.9 Å². The molecule has 3 amide bonds. The molecule has 1 atom stereocenters. The zero-order chi connectivity index (χ0) is 23.2. The van der Waals surface area contributed by atoms with Gasteiger partial charge in [-0.25, -0.2) is 4.79 Å². The number of likely N-dealkylation sites (tertiary alicyclic amines) is 1. The molecule has 0 aliphatic carbocycles. The lowest BCUT2D eigenvalue weighted by molar-refractivity contribution is -0.120. The molecule has 2 heterocycles. The zero-order valence-corrected chi connectivity index (χ0v) is 19.5. The van der Waals surface area contributed by atoms with Crippen molar-refractivity contribution in [3.8, 4) is 5.75 Å². The molecule has 0 radical (unpaired) electrons. The minimum atomic E-state index is -0.296. The predicted molar refractivity (Wildman–Crippen MR) is 130 cm³/mol. The van der Waals surface area contributed by atoms with Crippen LogP contribution >= 0.6 is 11.6 Å². The number of methoxy groups -OCH3 is 1. The standard InChI is InChI=1S/C24H30ClN5O3/c1-33-22-7-3-2-6-18(22)21(29-11-4-5-12-29)15-27-24(32)28-17-8-9-20(19(25)14-17)30-13-10-26-23(31)16-30/h2-3,6-9,14,21H,4-5,10-13,15-16H2,1H3,(H,26,31)(H2,27,28,32)/t21-/m0/s1. The molecule has 2 saturated heterocycles. The average molecular weight is 472 g/mol. The highest BCUT2D eigenvalue weighted by Gasteiger charge is 2.26. The number of carbonyl (C=O) groups excluding carboxylic acids is 2. The van der Waals surface area contributed by atoms with Crippen LogP contribution in [0.3, 0.4) is 0 Å². The highest BCUT2D eigenvalue weighted by molar-refractivity contribution is 6.33. The summed E-state index contributed by atoms with van der Waals surface area (Å²) < 4.78 is 5.57. The van der Waals surface area contributed by atoms with Crippen LogP contribution in [0.5, 0.6) is 5.75 Å². The van der Waals surface area contributed by atoms with Crippen molar-refractivity contribution < 1.29 is 14.3 Å². The lowest BCUT2D eigenvalue weighted by Crippen LogP contribution is -2.47. The van der Waals surface area contributed by atoms with Gasteiger partial charge in [-0.2, -0.15) is 0 Å². The van der Waals surface area contributed by atoms with Crippen LogP contribution in [0.2, 0.25) is 5.02 Å².